The summed E-state index contributed by atoms with van der Waals surface area (Å²) in [7, 11) is 0. The van der Waals surface area contributed by atoms with Crippen molar-refractivity contribution in [2.75, 3.05) is 26.2 Å². The van der Waals surface area contributed by atoms with E-state index in [0.29, 0.717) is 0 Å². The van der Waals surface area contributed by atoms with Gasteiger partial charge in [0.15, 0.2) is 0 Å². The van der Waals surface area contributed by atoms with Gasteiger partial charge in [-0.05, 0) is 30.2 Å². The fraction of sp³-hybridized carbons (Fsp3) is 0.500. The molecule has 0 unspecified atom stereocenters. The van der Waals surface area contributed by atoms with E-state index in [4.69, 9.17) is 0 Å². The van der Waals surface area contributed by atoms with Crippen molar-refractivity contribution in [2.45, 2.75) is 13.5 Å². The van der Waals surface area contributed by atoms with Crippen LogP contribution in [0.5, 0.6) is 0 Å². The molecular formula is C12H18BrClN2. The molecule has 0 aromatic heterocycles. The SMILES string of the molecule is Cc1cc(Br)ccc1CN1CCNCC1.Cl. The molecule has 2 rings (SSSR count). The van der Waals surface area contributed by atoms with E-state index in [9.17, 15) is 0 Å². The molecule has 2 nitrogen and oxygen atoms in total. The first-order chi connectivity index (χ1) is 7.25. The Balaban J connectivity index is 0.00000128. The zero-order valence-electron chi connectivity index (χ0n) is 9.50. The molecule has 0 amide bonds. The normalized spacial score (nSPS) is 16.9. The molecule has 1 heterocycles. The van der Waals surface area contributed by atoms with E-state index in [1.54, 1.807) is 0 Å². The Morgan fingerprint density at radius 1 is 1.31 bits per heavy atom. The summed E-state index contributed by atoms with van der Waals surface area (Å²) in [5.41, 5.74) is 2.82. The van der Waals surface area contributed by atoms with Crippen LogP contribution in [0.25, 0.3) is 0 Å². The highest BCUT2D eigenvalue weighted by molar-refractivity contribution is 9.10. The number of hydrogen-bond donors (Lipinski definition) is 1. The molecule has 90 valence electrons. The second-order valence-corrected chi connectivity index (χ2v) is 5.01. The Hall–Kier alpha value is -0.0900. The third-order valence-corrected chi connectivity index (χ3v) is 3.40. The molecule has 1 N–H and O–H groups in total. The van der Waals surface area contributed by atoms with Crippen molar-refractivity contribution in [1.29, 1.82) is 0 Å². The van der Waals surface area contributed by atoms with Crippen LogP contribution in [0.1, 0.15) is 11.1 Å². The molecule has 4 heteroatoms. The molecule has 16 heavy (non-hydrogen) atoms. The van der Waals surface area contributed by atoms with Gasteiger partial charge < -0.3 is 5.32 Å². The predicted octanol–water partition coefficient (Wildman–Crippen LogP) is 2.58. The summed E-state index contributed by atoms with van der Waals surface area (Å²) in [6, 6.07) is 6.55. The maximum atomic E-state index is 3.50. The summed E-state index contributed by atoms with van der Waals surface area (Å²) in [6.07, 6.45) is 0. The number of benzene rings is 1. The number of hydrogen-bond acceptors (Lipinski definition) is 2. The molecule has 1 fully saturated rings. The van der Waals surface area contributed by atoms with Crippen LogP contribution < -0.4 is 5.32 Å². The van der Waals surface area contributed by atoms with Gasteiger partial charge in [-0.15, -0.1) is 12.4 Å². The minimum atomic E-state index is 0. The molecule has 0 spiro atoms. The van der Waals surface area contributed by atoms with Gasteiger partial charge in [-0.3, -0.25) is 4.90 Å². The van der Waals surface area contributed by atoms with Gasteiger partial charge in [0, 0.05) is 37.2 Å². The highest BCUT2D eigenvalue weighted by Gasteiger charge is 2.10. The topological polar surface area (TPSA) is 15.3 Å². The summed E-state index contributed by atoms with van der Waals surface area (Å²) in [5.74, 6) is 0. The summed E-state index contributed by atoms with van der Waals surface area (Å²) in [5, 5.41) is 3.38. The Labute approximate surface area is 112 Å². The smallest absolute Gasteiger partial charge is 0.0237 e. The first kappa shape index (κ1) is 14.0. The fourth-order valence-corrected chi connectivity index (χ4v) is 2.42. The van der Waals surface area contributed by atoms with Gasteiger partial charge in [0.05, 0.1) is 0 Å². The van der Waals surface area contributed by atoms with Crippen molar-refractivity contribution in [3.8, 4) is 0 Å². The summed E-state index contributed by atoms with van der Waals surface area (Å²) in [4.78, 5) is 2.51. The van der Waals surface area contributed by atoms with E-state index >= 15 is 0 Å². The van der Waals surface area contributed by atoms with E-state index in [1.807, 2.05) is 0 Å². The molecule has 0 saturated carbocycles. The maximum absolute atomic E-state index is 3.50. The summed E-state index contributed by atoms with van der Waals surface area (Å²) >= 11 is 3.50. The van der Waals surface area contributed by atoms with Crippen LogP contribution in [0.2, 0.25) is 0 Å². The largest absolute Gasteiger partial charge is 0.314 e. The van der Waals surface area contributed by atoms with Gasteiger partial charge in [-0.1, -0.05) is 22.0 Å². The molecule has 1 aliphatic rings. The molecule has 0 atom stereocenters. The summed E-state index contributed by atoms with van der Waals surface area (Å²) in [6.45, 7) is 7.83. The van der Waals surface area contributed by atoms with Crippen LogP contribution in [0, 0.1) is 6.92 Å². The maximum Gasteiger partial charge on any atom is 0.0237 e. The Morgan fingerprint density at radius 2 is 2.00 bits per heavy atom. The Bertz CT molecular complexity index is 338. The molecule has 1 aromatic carbocycles. The monoisotopic (exact) mass is 304 g/mol. The van der Waals surface area contributed by atoms with Crippen molar-refractivity contribution >= 4 is 28.3 Å². The van der Waals surface area contributed by atoms with E-state index in [0.717, 1.165) is 32.7 Å². The van der Waals surface area contributed by atoms with E-state index in [2.05, 4.69) is 51.3 Å². The van der Waals surface area contributed by atoms with Crippen molar-refractivity contribution in [2.24, 2.45) is 0 Å². The van der Waals surface area contributed by atoms with Gasteiger partial charge in [0.2, 0.25) is 0 Å². The van der Waals surface area contributed by atoms with Crippen LogP contribution in [0.15, 0.2) is 22.7 Å². The molecule has 1 saturated heterocycles. The van der Waals surface area contributed by atoms with Crippen molar-refractivity contribution in [3.63, 3.8) is 0 Å². The number of rotatable bonds is 2. The van der Waals surface area contributed by atoms with Crippen molar-refractivity contribution < 1.29 is 0 Å². The summed E-state index contributed by atoms with van der Waals surface area (Å²) < 4.78 is 1.17. The standard InChI is InChI=1S/C12H17BrN2.ClH/c1-10-8-12(13)3-2-11(10)9-15-6-4-14-5-7-15;/h2-3,8,14H,4-7,9H2,1H3;1H. The van der Waals surface area contributed by atoms with Gasteiger partial charge in [0.25, 0.3) is 0 Å². The average Bonchev–Trinajstić information content (AvgIpc) is 2.24. The van der Waals surface area contributed by atoms with Crippen LogP contribution in [-0.2, 0) is 6.54 Å². The van der Waals surface area contributed by atoms with E-state index in [-0.39, 0.29) is 12.4 Å². The zero-order valence-corrected chi connectivity index (χ0v) is 11.9. The third kappa shape index (κ3) is 3.74. The minimum Gasteiger partial charge on any atom is -0.314 e. The van der Waals surface area contributed by atoms with Crippen molar-refractivity contribution in [3.05, 3.63) is 33.8 Å². The Morgan fingerprint density at radius 3 is 2.62 bits per heavy atom. The highest BCUT2D eigenvalue weighted by Crippen LogP contribution is 2.17. The number of aryl methyl sites for hydroxylation is 1. The number of piperazine rings is 1. The molecule has 0 bridgehead atoms. The van der Waals surface area contributed by atoms with Gasteiger partial charge in [-0.2, -0.15) is 0 Å². The van der Waals surface area contributed by atoms with Gasteiger partial charge in [0.1, 0.15) is 0 Å². The van der Waals surface area contributed by atoms with Crippen molar-refractivity contribution in [1.82, 2.24) is 10.2 Å². The van der Waals surface area contributed by atoms with Crippen LogP contribution >= 0.6 is 28.3 Å². The van der Waals surface area contributed by atoms with Gasteiger partial charge >= 0.3 is 0 Å². The Kier molecular flexibility index (Phi) is 5.76. The second kappa shape index (κ2) is 6.60. The lowest BCUT2D eigenvalue weighted by atomic mass is 10.1. The number of nitrogens with one attached hydrogen (secondary N) is 1. The van der Waals surface area contributed by atoms with Crippen LogP contribution in [-0.4, -0.2) is 31.1 Å². The molecule has 0 radical (unpaired) electrons. The number of nitrogens with zero attached hydrogens (tertiary/aromatic N) is 1. The molecular weight excluding hydrogens is 288 g/mol. The first-order valence-corrected chi connectivity index (χ1v) is 6.23. The lowest BCUT2D eigenvalue weighted by Gasteiger charge is -2.27. The van der Waals surface area contributed by atoms with Crippen LogP contribution in [0.4, 0.5) is 0 Å². The molecule has 1 aliphatic heterocycles. The highest BCUT2D eigenvalue weighted by atomic mass is 79.9. The van der Waals surface area contributed by atoms with Crippen LogP contribution in [0.3, 0.4) is 0 Å². The first-order valence-electron chi connectivity index (χ1n) is 5.44. The fourth-order valence-electron chi connectivity index (χ4n) is 1.95. The van der Waals surface area contributed by atoms with Gasteiger partial charge in [-0.25, -0.2) is 0 Å². The predicted molar refractivity (Wildman–Crippen MR) is 74.3 cm³/mol. The second-order valence-electron chi connectivity index (χ2n) is 4.10. The average molecular weight is 306 g/mol. The molecule has 1 aromatic rings. The lowest BCUT2D eigenvalue weighted by molar-refractivity contribution is 0.233. The lowest BCUT2D eigenvalue weighted by Crippen LogP contribution is -2.42. The quantitative estimate of drug-likeness (QED) is 0.903. The molecule has 0 aliphatic carbocycles. The zero-order chi connectivity index (χ0) is 10.7. The van der Waals surface area contributed by atoms with E-state index < -0.39 is 0 Å². The van der Waals surface area contributed by atoms with E-state index in [1.165, 1.54) is 15.6 Å². The minimum absolute atomic E-state index is 0. The third-order valence-electron chi connectivity index (χ3n) is 2.91. The number of halogens is 2.